The SMILES string of the molecule is CC=CCC(C)C(Cl)CC(Cl)(Cl)Cl. The van der Waals surface area contributed by atoms with Crippen LogP contribution in [0.5, 0.6) is 0 Å². The monoisotopic (exact) mass is 262 g/mol. The predicted octanol–water partition coefficient (Wildman–Crippen LogP) is 4.96. The molecule has 0 fully saturated rings. The molecule has 0 spiro atoms. The summed E-state index contributed by atoms with van der Waals surface area (Å²) < 4.78 is -1.24. The average molecular weight is 264 g/mol. The zero-order valence-corrected chi connectivity index (χ0v) is 10.8. The topological polar surface area (TPSA) is 0 Å². The predicted molar refractivity (Wildman–Crippen MR) is 63.1 cm³/mol. The molecule has 0 N–H and O–H groups in total. The molecule has 0 bridgehead atoms. The van der Waals surface area contributed by atoms with Gasteiger partial charge in [0, 0.05) is 11.8 Å². The quantitative estimate of drug-likeness (QED) is 0.497. The maximum atomic E-state index is 6.06. The van der Waals surface area contributed by atoms with Crippen molar-refractivity contribution in [3.05, 3.63) is 12.2 Å². The molecule has 0 aliphatic heterocycles. The van der Waals surface area contributed by atoms with Crippen molar-refractivity contribution in [2.45, 2.75) is 35.9 Å². The van der Waals surface area contributed by atoms with Gasteiger partial charge in [0.2, 0.25) is 0 Å². The molecule has 0 aromatic carbocycles. The number of hydrogen-bond donors (Lipinski definition) is 0. The highest BCUT2D eigenvalue weighted by Gasteiger charge is 2.26. The summed E-state index contributed by atoms with van der Waals surface area (Å²) >= 11 is 23.0. The fraction of sp³-hybridized carbons (Fsp3) is 0.778. The largest absolute Gasteiger partial charge is 0.192 e. The Morgan fingerprint density at radius 1 is 1.31 bits per heavy atom. The Kier molecular flexibility index (Phi) is 6.84. The van der Waals surface area contributed by atoms with Crippen molar-refractivity contribution in [1.82, 2.24) is 0 Å². The molecule has 0 radical (unpaired) electrons. The van der Waals surface area contributed by atoms with Crippen LogP contribution < -0.4 is 0 Å². The smallest absolute Gasteiger partial charge is 0.123 e. The fourth-order valence-corrected chi connectivity index (χ4v) is 1.99. The molecule has 0 amide bonds. The van der Waals surface area contributed by atoms with Crippen molar-refractivity contribution in [3.8, 4) is 0 Å². The summed E-state index contributed by atoms with van der Waals surface area (Å²) in [7, 11) is 0. The van der Waals surface area contributed by atoms with Crippen molar-refractivity contribution in [1.29, 1.82) is 0 Å². The lowest BCUT2D eigenvalue weighted by molar-refractivity contribution is 0.529. The first-order valence-corrected chi connectivity index (χ1v) is 5.76. The van der Waals surface area contributed by atoms with E-state index in [9.17, 15) is 0 Å². The molecule has 0 saturated carbocycles. The first-order valence-electron chi connectivity index (χ1n) is 4.18. The lowest BCUT2D eigenvalue weighted by Crippen LogP contribution is -2.18. The van der Waals surface area contributed by atoms with Crippen LogP contribution >= 0.6 is 46.4 Å². The molecule has 0 aliphatic rings. The molecular formula is C9H14Cl4. The highest BCUT2D eigenvalue weighted by Crippen LogP contribution is 2.35. The van der Waals surface area contributed by atoms with E-state index in [1.54, 1.807) is 0 Å². The van der Waals surface area contributed by atoms with Crippen LogP contribution in [-0.4, -0.2) is 9.17 Å². The van der Waals surface area contributed by atoms with E-state index in [1.165, 1.54) is 0 Å². The average Bonchev–Trinajstić information content (AvgIpc) is 1.96. The second-order valence-electron chi connectivity index (χ2n) is 3.12. The van der Waals surface area contributed by atoms with E-state index in [2.05, 4.69) is 6.08 Å². The number of rotatable bonds is 4. The van der Waals surface area contributed by atoms with Gasteiger partial charge in [-0.1, -0.05) is 53.9 Å². The Balaban J connectivity index is 3.89. The number of halogens is 4. The van der Waals surface area contributed by atoms with Gasteiger partial charge in [-0.2, -0.15) is 0 Å². The highest BCUT2D eigenvalue weighted by atomic mass is 35.6. The summed E-state index contributed by atoms with van der Waals surface area (Å²) in [5.41, 5.74) is 0. The van der Waals surface area contributed by atoms with Crippen molar-refractivity contribution >= 4 is 46.4 Å². The Morgan fingerprint density at radius 2 is 1.85 bits per heavy atom. The van der Waals surface area contributed by atoms with E-state index in [-0.39, 0.29) is 5.38 Å². The van der Waals surface area contributed by atoms with E-state index in [1.807, 2.05) is 19.9 Å². The van der Waals surface area contributed by atoms with Crippen LogP contribution in [0, 0.1) is 5.92 Å². The number of hydrogen-bond acceptors (Lipinski definition) is 0. The van der Waals surface area contributed by atoms with Crippen LogP contribution in [-0.2, 0) is 0 Å². The molecule has 2 atom stereocenters. The Bertz CT molecular complexity index is 159. The van der Waals surface area contributed by atoms with E-state index in [0.29, 0.717) is 12.3 Å². The van der Waals surface area contributed by atoms with Gasteiger partial charge in [0.05, 0.1) is 0 Å². The van der Waals surface area contributed by atoms with E-state index >= 15 is 0 Å². The van der Waals surface area contributed by atoms with Crippen LogP contribution in [0.15, 0.2) is 12.2 Å². The first kappa shape index (κ1) is 13.9. The third-order valence-electron chi connectivity index (χ3n) is 1.79. The molecule has 0 aromatic heterocycles. The molecule has 2 unspecified atom stereocenters. The van der Waals surface area contributed by atoms with Gasteiger partial charge in [-0.15, -0.1) is 11.6 Å². The van der Waals surface area contributed by atoms with E-state index in [0.717, 1.165) is 6.42 Å². The minimum atomic E-state index is -1.24. The zero-order valence-electron chi connectivity index (χ0n) is 7.74. The summed E-state index contributed by atoms with van der Waals surface area (Å²) in [5, 5.41) is -0.0938. The van der Waals surface area contributed by atoms with Crippen molar-refractivity contribution < 1.29 is 0 Å². The Morgan fingerprint density at radius 3 is 2.23 bits per heavy atom. The van der Waals surface area contributed by atoms with Crippen LogP contribution in [0.25, 0.3) is 0 Å². The normalized spacial score (nSPS) is 17.7. The minimum absolute atomic E-state index is 0.0938. The van der Waals surface area contributed by atoms with Crippen LogP contribution in [0.2, 0.25) is 0 Å². The van der Waals surface area contributed by atoms with Crippen LogP contribution in [0.4, 0.5) is 0 Å². The zero-order chi connectivity index (χ0) is 10.5. The second-order valence-corrected chi connectivity index (χ2v) is 6.19. The number of alkyl halides is 4. The fourth-order valence-electron chi connectivity index (χ4n) is 0.921. The molecule has 0 aliphatic carbocycles. The molecule has 78 valence electrons. The van der Waals surface area contributed by atoms with Gasteiger partial charge in [-0.3, -0.25) is 0 Å². The van der Waals surface area contributed by atoms with Crippen LogP contribution in [0.3, 0.4) is 0 Å². The standard InChI is InChI=1S/C9H14Cl4/c1-3-4-5-7(2)8(10)6-9(11,12)13/h3-4,7-8H,5-6H2,1-2H3. The lowest BCUT2D eigenvalue weighted by atomic mass is 10.0. The maximum Gasteiger partial charge on any atom is 0.192 e. The van der Waals surface area contributed by atoms with Gasteiger partial charge < -0.3 is 0 Å². The summed E-state index contributed by atoms with van der Waals surface area (Å²) in [6.45, 7) is 4.03. The minimum Gasteiger partial charge on any atom is -0.123 e. The molecule has 0 aromatic rings. The third kappa shape index (κ3) is 7.93. The molecule has 0 rings (SSSR count). The second kappa shape index (κ2) is 6.40. The van der Waals surface area contributed by atoms with E-state index in [4.69, 9.17) is 46.4 Å². The van der Waals surface area contributed by atoms with Gasteiger partial charge in [0.1, 0.15) is 0 Å². The van der Waals surface area contributed by atoms with Gasteiger partial charge in [-0.25, -0.2) is 0 Å². The highest BCUT2D eigenvalue weighted by molar-refractivity contribution is 6.67. The molecule has 13 heavy (non-hydrogen) atoms. The molecule has 4 heteroatoms. The molecular weight excluding hydrogens is 250 g/mol. The van der Waals surface area contributed by atoms with Gasteiger partial charge in [0.25, 0.3) is 0 Å². The van der Waals surface area contributed by atoms with Gasteiger partial charge >= 0.3 is 0 Å². The maximum absolute atomic E-state index is 6.06. The summed E-state index contributed by atoms with van der Waals surface area (Å²) in [5.74, 6) is 0.327. The summed E-state index contributed by atoms with van der Waals surface area (Å²) in [4.78, 5) is 0. The first-order chi connectivity index (χ1) is 5.87. The third-order valence-corrected chi connectivity index (χ3v) is 2.83. The molecule has 0 nitrogen and oxygen atoms in total. The summed E-state index contributed by atoms with van der Waals surface area (Å²) in [6, 6.07) is 0. The molecule has 0 heterocycles. The Hall–Kier alpha value is 0.900. The van der Waals surface area contributed by atoms with Gasteiger partial charge in [0.15, 0.2) is 3.79 Å². The lowest BCUT2D eigenvalue weighted by Gasteiger charge is -2.20. The summed E-state index contributed by atoms with van der Waals surface area (Å²) in [6.07, 6.45) is 5.37. The van der Waals surface area contributed by atoms with Crippen molar-refractivity contribution in [3.63, 3.8) is 0 Å². The number of allylic oxidation sites excluding steroid dienone is 2. The van der Waals surface area contributed by atoms with Crippen LogP contribution in [0.1, 0.15) is 26.7 Å². The van der Waals surface area contributed by atoms with E-state index < -0.39 is 3.79 Å². The van der Waals surface area contributed by atoms with Crippen molar-refractivity contribution in [2.24, 2.45) is 5.92 Å². The van der Waals surface area contributed by atoms with Crippen molar-refractivity contribution in [2.75, 3.05) is 0 Å². The van der Waals surface area contributed by atoms with Gasteiger partial charge in [-0.05, 0) is 19.3 Å². The molecule has 0 saturated heterocycles. The Labute approximate surface area is 100 Å².